The Labute approximate surface area is 177 Å². The molecule has 7 heteroatoms. The summed E-state index contributed by atoms with van der Waals surface area (Å²) in [7, 11) is 0. The number of thiazole rings is 1. The van der Waals surface area contributed by atoms with Crippen molar-refractivity contribution in [1.82, 2.24) is 14.9 Å². The van der Waals surface area contributed by atoms with E-state index in [1.54, 1.807) is 35.2 Å². The predicted octanol–water partition coefficient (Wildman–Crippen LogP) is 6.38. The normalized spacial score (nSPS) is 20.5. The van der Waals surface area contributed by atoms with E-state index in [0.29, 0.717) is 17.6 Å². The Morgan fingerprint density at radius 3 is 3.00 bits per heavy atom. The quantitative estimate of drug-likeness (QED) is 0.411. The molecule has 4 nitrogen and oxygen atoms in total. The summed E-state index contributed by atoms with van der Waals surface area (Å²) in [5, 5.41) is 4.35. The molecule has 0 amide bonds. The fourth-order valence-electron chi connectivity index (χ4n) is 4.41. The fourth-order valence-corrected chi connectivity index (χ4v) is 6.35. The Morgan fingerprint density at radius 1 is 1.24 bits per heavy atom. The van der Waals surface area contributed by atoms with E-state index in [1.165, 1.54) is 35.6 Å². The number of pyridine rings is 1. The first-order valence-electron chi connectivity index (χ1n) is 10.1. The van der Waals surface area contributed by atoms with Crippen molar-refractivity contribution in [1.29, 1.82) is 0 Å². The van der Waals surface area contributed by atoms with Gasteiger partial charge in [0.1, 0.15) is 10.6 Å². The lowest BCUT2D eigenvalue weighted by atomic mass is 9.89. The lowest BCUT2D eigenvalue weighted by molar-refractivity contribution is 0.148. The molecule has 29 heavy (non-hydrogen) atoms. The van der Waals surface area contributed by atoms with Gasteiger partial charge in [-0.05, 0) is 57.1 Å². The summed E-state index contributed by atoms with van der Waals surface area (Å²) in [5.41, 5.74) is 3.90. The molecule has 1 aliphatic heterocycles. The average molecular weight is 427 g/mol. The maximum absolute atomic E-state index is 14.6. The Balaban J connectivity index is 1.51. The van der Waals surface area contributed by atoms with E-state index in [2.05, 4.69) is 40.1 Å². The number of likely N-dealkylation sites (N-methyl/N-ethyl adjacent to an activating group) is 1. The molecule has 4 aromatic rings. The molecular weight excluding hydrogens is 403 g/mol. The van der Waals surface area contributed by atoms with Crippen LogP contribution in [0.5, 0.6) is 0 Å². The molecule has 0 radical (unpaired) electrons. The zero-order valence-electron chi connectivity index (χ0n) is 16.5. The minimum atomic E-state index is -0.262. The second-order valence-electron chi connectivity index (χ2n) is 7.62. The summed E-state index contributed by atoms with van der Waals surface area (Å²) in [6.45, 7) is 6.85. The number of thiophene rings is 1. The lowest BCUT2D eigenvalue weighted by Crippen LogP contribution is -2.41. The van der Waals surface area contributed by atoms with Gasteiger partial charge in [-0.25, -0.2) is 14.4 Å². The molecule has 0 spiro atoms. The van der Waals surface area contributed by atoms with Crippen LogP contribution in [-0.4, -0.2) is 34.0 Å². The van der Waals surface area contributed by atoms with Gasteiger partial charge >= 0.3 is 0 Å². The Morgan fingerprint density at radius 2 is 2.14 bits per heavy atom. The van der Waals surface area contributed by atoms with Crippen molar-refractivity contribution in [3.05, 3.63) is 46.7 Å². The number of benzene rings is 1. The van der Waals surface area contributed by atoms with Crippen molar-refractivity contribution < 1.29 is 4.39 Å². The number of hydrogen-bond acceptors (Lipinski definition) is 6. The van der Waals surface area contributed by atoms with Crippen LogP contribution in [0.1, 0.15) is 37.5 Å². The number of nitrogens with one attached hydrogen (secondary N) is 1. The van der Waals surface area contributed by atoms with E-state index in [4.69, 9.17) is 0 Å². The zero-order valence-corrected chi connectivity index (χ0v) is 18.1. The van der Waals surface area contributed by atoms with Gasteiger partial charge in [-0.15, -0.1) is 22.7 Å². The van der Waals surface area contributed by atoms with E-state index in [1.807, 2.05) is 6.07 Å². The number of nitrogens with zero attached hydrogens (tertiary/aromatic N) is 3. The molecule has 3 aromatic heterocycles. The molecule has 1 aliphatic rings. The second-order valence-corrected chi connectivity index (χ2v) is 9.57. The van der Waals surface area contributed by atoms with Crippen LogP contribution >= 0.6 is 22.7 Å². The van der Waals surface area contributed by atoms with Gasteiger partial charge in [-0.2, -0.15) is 0 Å². The molecule has 0 saturated carbocycles. The number of piperidine rings is 1. The van der Waals surface area contributed by atoms with Gasteiger partial charge < -0.3 is 10.2 Å². The van der Waals surface area contributed by atoms with Crippen LogP contribution in [0.15, 0.2) is 36.0 Å². The van der Waals surface area contributed by atoms with Crippen LogP contribution in [0, 0.1) is 5.82 Å². The number of rotatable bonds is 4. The van der Waals surface area contributed by atoms with Crippen LogP contribution in [0.4, 0.5) is 15.8 Å². The highest BCUT2D eigenvalue weighted by Gasteiger charge is 2.29. The molecule has 4 heterocycles. The van der Waals surface area contributed by atoms with Gasteiger partial charge in [-0.1, -0.05) is 6.92 Å². The third kappa shape index (κ3) is 3.41. The Kier molecular flexibility index (Phi) is 4.97. The molecule has 1 N–H and O–H groups in total. The first kappa shape index (κ1) is 18.9. The number of halogens is 1. The zero-order chi connectivity index (χ0) is 20.0. The van der Waals surface area contributed by atoms with Crippen molar-refractivity contribution in [2.45, 2.75) is 38.6 Å². The van der Waals surface area contributed by atoms with Gasteiger partial charge in [0.2, 0.25) is 0 Å². The smallest absolute Gasteiger partial charge is 0.148 e. The number of anilines is 2. The first-order chi connectivity index (χ1) is 14.1. The van der Waals surface area contributed by atoms with Gasteiger partial charge in [-0.3, -0.25) is 0 Å². The second kappa shape index (κ2) is 7.63. The SMILES string of the molecule is CCN1CCC[C@H](c2cc3c(Nc4cc5ncsc5cc4F)ccnc3s2)[C@@H]1C. The molecule has 1 fully saturated rings. The van der Waals surface area contributed by atoms with Crippen molar-refractivity contribution in [2.75, 3.05) is 18.4 Å². The molecule has 0 unspecified atom stereocenters. The molecule has 0 aliphatic carbocycles. The third-order valence-electron chi connectivity index (χ3n) is 6.03. The maximum atomic E-state index is 14.6. The van der Waals surface area contributed by atoms with Crippen LogP contribution < -0.4 is 5.32 Å². The van der Waals surface area contributed by atoms with E-state index >= 15 is 0 Å². The highest BCUT2D eigenvalue weighted by atomic mass is 32.1. The van der Waals surface area contributed by atoms with Gasteiger partial charge in [0.05, 0.1) is 27.1 Å². The van der Waals surface area contributed by atoms with Gasteiger partial charge in [0.15, 0.2) is 0 Å². The van der Waals surface area contributed by atoms with E-state index in [0.717, 1.165) is 32.7 Å². The first-order valence-corrected chi connectivity index (χ1v) is 11.8. The van der Waals surface area contributed by atoms with E-state index in [-0.39, 0.29) is 5.82 Å². The Bertz CT molecular complexity index is 1170. The van der Waals surface area contributed by atoms with Crippen molar-refractivity contribution in [3.63, 3.8) is 0 Å². The van der Waals surface area contributed by atoms with Gasteiger partial charge in [0.25, 0.3) is 0 Å². The minimum absolute atomic E-state index is 0.262. The molecular formula is C22H23FN4S2. The van der Waals surface area contributed by atoms with Crippen LogP contribution in [0.3, 0.4) is 0 Å². The van der Waals surface area contributed by atoms with Crippen LogP contribution in [-0.2, 0) is 0 Å². The summed E-state index contributed by atoms with van der Waals surface area (Å²) in [6.07, 6.45) is 4.24. The van der Waals surface area contributed by atoms with E-state index < -0.39 is 0 Å². The van der Waals surface area contributed by atoms with E-state index in [9.17, 15) is 4.39 Å². The standard InChI is InChI=1S/C22H23FN4S2/c1-3-27-8-4-5-14(13(27)2)20-9-15-17(6-7-24-22(15)29-20)26-18-11-19-21(10-16(18)23)28-12-25-19/h6-7,9-14H,3-5,8H2,1-2H3,(H,24,26)/t13-,14-/m0/s1. The Hall–Kier alpha value is -2.09. The summed E-state index contributed by atoms with van der Waals surface area (Å²) in [4.78, 5) is 13.8. The van der Waals surface area contributed by atoms with Crippen molar-refractivity contribution in [2.24, 2.45) is 0 Å². The minimum Gasteiger partial charge on any atom is -0.352 e. The maximum Gasteiger partial charge on any atom is 0.148 e. The molecule has 1 saturated heterocycles. The molecule has 150 valence electrons. The summed E-state index contributed by atoms with van der Waals surface area (Å²) in [6, 6.07) is 8.04. The predicted molar refractivity (Wildman–Crippen MR) is 121 cm³/mol. The number of hydrogen-bond donors (Lipinski definition) is 1. The number of likely N-dealkylation sites (tertiary alicyclic amines) is 1. The molecule has 1 aromatic carbocycles. The van der Waals surface area contributed by atoms with Crippen LogP contribution in [0.2, 0.25) is 0 Å². The summed E-state index contributed by atoms with van der Waals surface area (Å²) >= 11 is 3.22. The largest absolute Gasteiger partial charge is 0.352 e. The highest BCUT2D eigenvalue weighted by molar-refractivity contribution is 7.18. The third-order valence-corrected chi connectivity index (χ3v) is 8.00. The average Bonchev–Trinajstić information content (AvgIpc) is 3.35. The molecule has 2 atom stereocenters. The van der Waals surface area contributed by atoms with Crippen molar-refractivity contribution >= 4 is 54.5 Å². The van der Waals surface area contributed by atoms with Gasteiger partial charge in [0, 0.05) is 28.4 Å². The van der Waals surface area contributed by atoms with Crippen molar-refractivity contribution in [3.8, 4) is 0 Å². The fraction of sp³-hybridized carbons (Fsp3) is 0.364. The topological polar surface area (TPSA) is 41.0 Å². The molecule has 0 bridgehead atoms. The lowest BCUT2D eigenvalue weighted by Gasteiger charge is -2.38. The van der Waals surface area contributed by atoms with Crippen LogP contribution in [0.25, 0.3) is 20.4 Å². The molecule has 5 rings (SSSR count). The number of fused-ring (bicyclic) bond motifs is 2. The monoisotopic (exact) mass is 426 g/mol. The summed E-state index contributed by atoms with van der Waals surface area (Å²) < 4.78 is 15.5. The summed E-state index contributed by atoms with van der Waals surface area (Å²) in [5.74, 6) is 0.264. The number of aromatic nitrogens is 2. The highest BCUT2D eigenvalue weighted by Crippen LogP contribution is 2.40.